The van der Waals surface area contributed by atoms with E-state index in [1.807, 2.05) is 18.7 Å². The van der Waals surface area contributed by atoms with Crippen molar-refractivity contribution in [3.05, 3.63) is 29.8 Å². The number of rotatable bonds is 4. The van der Waals surface area contributed by atoms with Crippen molar-refractivity contribution in [2.45, 2.75) is 45.7 Å². The Hall–Kier alpha value is -2.23. The first kappa shape index (κ1) is 24.0. The van der Waals surface area contributed by atoms with Gasteiger partial charge in [-0.25, -0.2) is 18.7 Å². The van der Waals surface area contributed by atoms with Gasteiger partial charge in [-0.1, -0.05) is 20.8 Å². The number of aromatic nitrogens is 3. The summed E-state index contributed by atoms with van der Waals surface area (Å²) in [4.78, 5) is 9.79. The van der Waals surface area contributed by atoms with Crippen molar-refractivity contribution in [2.75, 3.05) is 25.4 Å². The minimum Gasteiger partial charge on any atom is -0.383 e. The Morgan fingerprint density at radius 1 is 1.27 bits per heavy atom. The first-order chi connectivity index (χ1) is 13.9. The summed E-state index contributed by atoms with van der Waals surface area (Å²) < 4.78 is 63.8. The standard InChI is InChI=1S/C13H15F3N4.C7H13F2N/c1-7(2)12-19-10(6-20(12)3)8-4-9(13(14,15)16)11(17)18-5-8;1-6-2-3-10(4-6)5-7(8)9/h4-7H,1-3H3,(H2,17,18);6-7H,2-5H2,1H3. The minimum atomic E-state index is -4.53. The highest BCUT2D eigenvalue weighted by Gasteiger charge is 2.34. The van der Waals surface area contributed by atoms with E-state index in [1.54, 1.807) is 17.8 Å². The number of nitrogens with two attached hydrogens (primary N) is 1. The molecule has 0 saturated carbocycles. The largest absolute Gasteiger partial charge is 0.419 e. The van der Waals surface area contributed by atoms with Crippen LogP contribution >= 0.6 is 0 Å². The Kier molecular flexibility index (Phi) is 7.79. The zero-order chi connectivity index (χ0) is 22.6. The highest BCUT2D eigenvalue weighted by molar-refractivity contribution is 5.62. The molecule has 2 aromatic rings. The number of imidazole rings is 1. The summed E-state index contributed by atoms with van der Waals surface area (Å²) in [5.74, 6) is 1.06. The van der Waals surface area contributed by atoms with E-state index in [-0.39, 0.29) is 12.5 Å². The third-order valence-electron chi connectivity index (χ3n) is 4.85. The van der Waals surface area contributed by atoms with Gasteiger partial charge in [-0.2, -0.15) is 13.2 Å². The molecule has 1 aliphatic rings. The Morgan fingerprint density at radius 3 is 2.40 bits per heavy atom. The van der Waals surface area contributed by atoms with Gasteiger partial charge in [0, 0.05) is 37.5 Å². The van der Waals surface area contributed by atoms with E-state index >= 15 is 0 Å². The van der Waals surface area contributed by atoms with E-state index in [4.69, 9.17) is 5.73 Å². The lowest BCUT2D eigenvalue weighted by Gasteiger charge is -2.13. The van der Waals surface area contributed by atoms with Crippen LogP contribution in [0, 0.1) is 5.92 Å². The molecule has 2 N–H and O–H groups in total. The molecule has 3 heterocycles. The molecule has 2 aromatic heterocycles. The molecule has 0 aliphatic carbocycles. The van der Waals surface area contributed by atoms with E-state index in [1.165, 1.54) is 6.20 Å². The number of halogens is 5. The van der Waals surface area contributed by atoms with Gasteiger partial charge in [-0.3, -0.25) is 4.90 Å². The minimum absolute atomic E-state index is 0.0374. The van der Waals surface area contributed by atoms with Crippen molar-refractivity contribution in [3.8, 4) is 11.3 Å². The molecule has 168 valence electrons. The molecule has 0 radical (unpaired) electrons. The van der Waals surface area contributed by atoms with Gasteiger partial charge in [-0.15, -0.1) is 0 Å². The molecule has 1 atom stereocenters. The fourth-order valence-corrected chi connectivity index (χ4v) is 3.39. The Labute approximate surface area is 173 Å². The average Bonchev–Trinajstić information content (AvgIpc) is 3.20. The maximum absolute atomic E-state index is 12.8. The number of nitrogens with zero attached hydrogens (tertiary/aromatic N) is 4. The van der Waals surface area contributed by atoms with Gasteiger partial charge in [0.25, 0.3) is 6.43 Å². The van der Waals surface area contributed by atoms with Crippen molar-refractivity contribution in [2.24, 2.45) is 13.0 Å². The SMILES string of the molecule is CC(C)c1nc(-c2cnc(N)c(C(F)(F)F)c2)cn1C.CC1CCN(CC(F)F)C1. The van der Waals surface area contributed by atoms with Gasteiger partial charge in [0.15, 0.2) is 0 Å². The zero-order valence-electron chi connectivity index (χ0n) is 17.5. The average molecular weight is 433 g/mol. The van der Waals surface area contributed by atoms with Gasteiger partial charge in [0.05, 0.1) is 17.8 Å². The first-order valence-corrected chi connectivity index (χ1v) is 9.75. The molecule has 10 heteroatoms. The summed E-state index contributed by atoms with van der Waals surface area (Å²) in [6, 6.07) is 0.981. The van der Waals surface area contributed by atoms with Crippen LogP contribution in [0.1, 0.15) is 44.5 Å². The number of anilines is 1. The van der Waals surface area contributed by atoms with E-state index in [0.717, 1.165) is 31.4 Å². The fraction of sp³-hybridized carbons (Fsp3) is 0.600. The number of hydrogen-bond acceptors (Lipinski definition) is 4. The lowest BCUT2D eigenvalue weighted by molar-refractivity contribution is -0.137. The second-order valence-corrected chi connectivity index (χ2v) is 7.95. The molecular formula is C20H28F5N5. The second-order valence-electron chi connectivity index (χ2n) is 7.95. The molecule has 1 fully saturated rings. The smallest absolute Gasteiger partial charge is 0.383 e. The third-order valence-corrected chi connectivity index (χ3v) is 4.85. The van der Waals surface area contributed by atoms with Crippen LogP contribution in [0.2, 0.25) is 0 Å². The summed E-state index contributed by atoms with van der Waals surface area (Å²) in [5, 5.41) is 0. The predicted octanol–water partition coefficient (Wildman–Crippen LogP) is 4.80. The van der Waals surface area contributed by atoms with Crippen molar-refractivity contribution in [3.63, 3.8) is 0 Å². The fourth-order valence-electron chi connectivity index (χ4n) is 3.39. The van der Waals surface area contributed by atoms with Crippen LogP contribution in [-0.2, 0) is 13.2 Å². The van der Waals surface area contributed by atoms with Crippen LogP contribution in [0.5, 0.6) is 0 Å². The second kappa shape index (κ2) is 9.72. The van der Waals surface area contributed by atoms with Gasteiger partial charge in [-0.05, 0) is 24.9 Å². The van der Waals surface area contributed by atoms with E-state index in [9.17, 15) is 22.0 Å². The van der Waals surface area contributed by atoms with Gasteiger partial charge in [0.1, 0.15) is 11.6 Å². The quantitative estimate of drug-likeness (QED) is 0.704. The van der Waals surface area contributed by atoms with Gasteiger partial charge in [0.2, 0.25) is 0 Å². The van der Waals surface area contributed by atoms with Crippen LogP contribution in [0.3, 0.4) is 0 Å². The van der Waals surface area contributed by atoms with Crippen LogP contribution in [0.25, 0.3) is 11.3 Å². The van der Waals surface area contributed by atoms with E-state index < -0.39 is 24.0 Å². The number of likely N-dealkylation sites (tertiary alicyclic amines) is 1. The van der Waals surface area contributed by atoms with Gasteiger partial charge >= 0.3 is 6.18 Å². The predicted molar refractivity (Wildman–Crippen MR) is 106 cm³/mol. The maximum Gasteiger partial charge on any atom is 0.419 e. The molecule has 1 aliphatic heterocycles. The van der Waals surface area contributed by atoms with Crippen LogP contribution in [0.15, 0.2) is 18.5 Å². The number of alkyl halides is 5. The summed E-state index contributed by atoms with van der Waals surface area (Å²) in [7, 11) is 1.81. The van der Waals surface area contributed by atoms with Crippen molar-refractivity contribution < 1.29 is 22.0 Å². The molecule has 5 nitrogen and oxygen atoms in total. The normalized spacial score (nSPS) is 17.5. The number of pyridine rings is 1. The molecule has 3 rings (SSSR count). The highest BCUT2D eigenvalue weighted by atomic mass is 19.4. The number of nitrogen functional groups attached to an aromatic ring is 1. The highest BCUT2D eigenvalue weighted by Crippen LogP contribution is 2.35. The van der Waals surface area contributed by atoms with Crippen molar-refractivity contribution in [1.82, 2.24) is 19.4 Å². The zero-order valence-corrected chi connectivity index (χ0v) is 17.5. The number of aryl methyl sites for hydroxylation is 1. The Bertz CT molecular complexity index is 831. The molecule has 1 saturated heterocycles. The third kappa shape index (κ3) is 6.38. The van der Waals surface area contributed by atoms with E-state index in [0.29, 0.717) is 17.2 Å². The van der Waals surface area contributed by atoms with Crippen LogP contribution < -0.4 is 5.73 Å². The monoisotopic (exact) mass is 433 g/mol. The van der Waals surface area contributed by atoms with Crippen molar-refractivity contribution >= 4 is 5.82 Å². The molecule has 0 aromatic carbocycles. The van der Waals surface area contributed by atoms with Crippen molar-refractivity contribution in [1.29, 1.82) is 0 Å². The summed E-state index contributed by atoms with van der Waals surface area (Å²) in [5.41, 5.74) is 5.10. The number of hydrogen-bond donors (Lipinski definition) is 1. The van der Waals surface area contributed by atoms with Gasteiger partial charge < -0.3 is 10.3 Å². The maximum atomic E-state index is 12.8. The van der Waals surface area contributed by atoms with E-state index in [2.05, 4.69) is 16.9 Å². The molecule has 0 amide bonds. The Morgan fingerprint density at radius 2 is 1.93 bits per heavy atom. The lowest BCUT2D eigenvalue weighted by Crippen LogP contribution is -2.26. The molecule has 0 bridgehead atoms. The molecule has 0 spiro atoms. The summed E-state index contributed by atoms with van der Waals surface area (Å²) >= 11 is 0. The molecular weight excluding hydrogens is 405 g/mol. The lowest BCUT2D eigenvalue weighted by atomic mass is 10.1. The van der Waals surface area contributed by atoms with Crippen LogP contribution in [-0.4, -0.2) is 45.5 Å². The summed E-state index contributed by atoms with van der Waals surface area (Å²) in [6.45, 7) is 7.70. The Balaban J connectivity index is 0.000000269. The molecule has 30 heavy (non-hydrogen) atoms. The molecule has 1 unspecified atom stereocenters. The first-order valence-electron chi connectivity index (χ1n) is 9.75. The van der Waals surface area contributed by atoms with Crippen LogP contribution in [0.4, 0.5) is 27.8 Å². The topological polar surface area (TPSA) is 60.0 Å². The summed E-state index contributed by atoms with van der Waals surface area (Å²) in [6.07, 6.45) is -2.62.